The van der Waals surface area contributed by atoms with Crippen LogP contribution in [0, 0.1) is 0 Å². The first-order valence-electron chi connectivity index (χ1n) is 9.87. The maximum Gasteiger partial charge on any atom is 0.387 e. The van der Waals surface area contributed by atoms with Gasteiger partial charge in [0.15, 0.2) is 5.72 Å². The number of para-hydroxylation sites is 1. The summed E-state index contributed by atoms with van der Waals surface area (Å²) < 4.78 is 36.7. The van der Waals surface area contributed by atoms with Crippen molar-refractivity contribution in [2.45, 2.75) is 43.9 Å². The number of carbonyl (C=O) groups is 1. The average Bonchev–Trinajstić information content (AvgIpc) is 3.33. The maximum absolute atomic E-state index is 12.8. The largest absolute Gasteiger partial charge is 0.434 e. The molecular weight excluding hydrogens is 378 g/mol. The van der Waals surface area contributed by atoms with Crippen molar-refractivity contribution >= 4 is 5.91 Å². The third-order valence-electron chi connectivity index (χ3n) is 6.27. The standard InChI is InChI=1S/C22H22F2N2O3/c23-21(24)28-17-9-5-4-8-16(17)13-25-11-10-22-19(25)12-20(27)26(22)14-18(29-22)15-6-2-1-3-7-15/h1-9,18-19,21H,10-14H2/t18-,19-,22+/m1/s1. The quantitative estimate of drug-likeness (QED) is 0.770. The van der Waals surface area contributed by atoms with Crippen LogP contribution in [0.25, 0.3) is 0 Å². The van der Waals surface area contributed by atoms with Gasteiger partial charge in [0, 0.05) is 31.5 Å². The minimum Gasteiger partial charge on any atom is -0.434 e. The smallest absolute Gasteiger partial charge is 0.387 e. The van der Waals surface area contributed by atoms with Crippen LogP contribution in [0.5, 0.6) is 5.75 Å². The molecule has 0 aromatic heterocycles. The number of hydrogen-bond donors (Lipinski definition) is 0. The molecule has 1 spiro atoms. The lowest BCUT2D eigenvalue weighted by molar-refractivity contribution is -0.138. The molecule has 2 aromatic carbocycles. The summed E-state index contributed by atoms with van der Waals surface area (Å²) in [6.07, 6.45) is 0.960. The zero-order chi connectivity index (χ0) is 20.0. The number of halogens is 2. The van der Waals surface area contributed by atoms with E-state index in [9.17, 15) is 13.6 Å². The molecule has 3 aliphatic rings. The molecule has 0 aliphatic carbocycles. The Morgan fingerprint density at radius 1 is 1.14 bits per heavy atom. The summed E-state index contributed by atoms with van der Waals surface area (Å²) in [5.74, 6) is 0.273. The van der Waals surface area contributed by atoms with Crippen molar-refractivity contribution in [2.75, 3.05) is 13.1 Å². The molecule has 3 atom stereocenters. The third kappa shape index (κ3) is 3.09. The summed E-state index contributed by atoms with van der Waals surface area (Å²) in [6.45, 7) is -1.14. The highest BCUT2D eigenvalue weighted by Gasteiger charge is 2.63. The normalized spacial score (nSPS) is 28.8. The van der Waals surface area contributed by atoms with Gasteiger partial charge >= 0.3 is 6.61 Å². The minimum atomic E-state index is -2.87. The zero-order valence-electron chi connectivity index (χ0n) is 15.8. The van der Waals surface area contributed by atoms with Gasteiger partial charge in [-0.05, 0) is 11.6 Å². The maximum atomic E-state index is 12.8. The van der Waals surface area contributed by atoms with Crippen molar-refractivity contribution in [3.8, 4) is 5.75 Å². The molecule has 0 unspecified atom stereocenters. The third-order valence-corrected chi connectivity index (χ3v) is 6.27. The van der Waals surface area contributed by atoms with Gasteiger partial charge in [0.1, 0.15) is 11.9 Å². The number of likely N-dealkylation sites (tertiary alicyclic amines) is 1. The molecule has 29 heavy (non-hydrogen) atoms. The fraction of sp³-hybridized carbons (Fsp3) is 0.409. The number of carbonyl (C=O) groups excluding carboxylic acids is 1. The Kier molecular flexibility index (Phi) is 4.52. The van der Waals surface area contributed by atoms with E-state index in [2.05, 4.69) is 9.64 Å². The Morgan fingerprint density at radius 3 is 2.69 bits per heavy atom. The van der Waals surface area contributed by atoms with Crippen LogP contribution >= 0.6 is 0 Å². The van der Waals surface area contributed by atoms with Crippen LogP contribution in [0.4, 0.5) is 8.78 Å². The van der Waals surface area contributed by atoms with Gasteiger partial charge in [0.05, 0.1) is 12.6 Å². The molecule has 5 rings (SSSR count). The molecule has 0 bridgehead atoms. The fourth-order valence-electron chi connectivity index (χ4n) is 5.00. The van der Waals surface area contributed by atoms with Crippen LogP contribution in [0.3, 0.4) is 0 Å². The molecule has 2 aromatic rings. The monoisotopic (exact) mass is 400 g/mol. The average molecular weight is 400 g/mol. The fourth-order valence-corrected chi connectivity index (χ4v) is 5.00. The highest BCUT2D eigenvalue weighted by atomic mass is 19.3. The molecule has 3 aliphatic heterocycles. The van der Waals surface area contributed by atoms with E-state index >= 15 is 0 Å². The second-order valence-electron chi connectivity index (χ2n) is 7.79. The Bertz CT molecular complexity index is 910. The van der Waals surface area contributed by atoms with Crippen molar-refractivity contribution in [1.29, 1.82) is 0 Å². The van der Waals surface area contributed by atoms with Gasteiger partial charge in [0.2, 0.25) is 5.91 Å². The number of ether oxygens (including phenoxy) is 2. The van der Waals surface area contributed by atoms with E-state index in [1.54, 1.807) is 18.2 Å². The summed E-state index contributed by atoms with van der Waals surface area (Å²) in [5.41, 5.74) is 1.13. The summed E-state index contributed by atoms with van der Waals surface area (Å²) in [5, 5.41) is 0. The van der Waals surface area contributed by atoms with Crippen LogP contribution in [0.2, 0.25) is 0 Å². The lowest BCUT2D eigenvalue weighted by Gasteiger charge is -2.32. The molecule has 3 saturated heterocycles. The van der Waals surface area contributed by atoms with E-state index < -0.39 is 12.3 Å². The van der Waals surface area contributed by atoms with Crippen molar-refractivity contribution in [2.24, 2.45) is 0 Å². The van der Waals surface area contributed by atoms with E-state index in [0.717, 1.165) is 12.1 Å². The summed E-state index contributed by atoms with van der Waals surface area (Å²) in [7, 11) is 0. The second kappa shape index (κ2) is 7.07. The predicted molar refractivity (Wildman–Crippen MR) is 101 cm³/mol. The van der Waals surface area contributed by atoms with Crippen LogP contribution in [0.15, 0.2) is 54.6 Å². The minimum absolute atomic E-state index is 0.0928. The zero-order valence-corrected chi connectivity index (χ0v) is 15.8. The highest BCUT2D eigenvalue weighted by Crippen LogP contribution is 2.51. The van der Waals surface area contributed by atoms with Gasteiger partial charge < -0.3 is 14.4 Å². The van der Waals surface area contributed by atoms with E-state index in [1.165, 1.54) is 0 Å². The molecule has 152 valence electrons. The molecular formula is C22H22F2N2O3. The van der Waals surface area contributed by atoms with Crippen molar-refractivity contribution in [3.63, 3.8) is 0 Å². The van der Waals surface area contributed by atoms with Gasteiger partial charge in [-0.1, -0.05) is 48.5 Å². The SMILES string of the molecule is O=C1C[C@H]2N(Cc3ccccc3OC(F)F)CC[C@]23O[C@@H](c2ccccc2)CN13. The van der Waals surface area contributed by atoms with Crippen LogP contribution in [0.1, 0.15) is 30.1 Å². The van der Waals surface area contributed by atoms with Crippen molar-refractivity contribution in [1.82, 2.24) is 9.80 Å². The number of amides is 1. The van der Waals surface area contributed by atoms with E-state index in [1.807, 2.05) is 41.3 Å². The second-order valence-corrected chi connectivity index (χ2v) is 7.79. The molecule has 0 radical (unpaired) electrons. The van der Waals surface area contributed by atoms with Gasteiger partial charge in [-0.15, -0.1) is 0 Å². The van der Waals surface area contributed by atoms with Crippen LogP contribution < -0.4 is 4.74 Å². The summed E-state index contributed by atoms with van der Waals surface area (Å²) >= 11 is 0. The van der Waals surface area contributed by atoms with Gasteiger partial charge in [0.25, 0.3) is 0 Å². The summed E-state index contributed by atoms with van der Waals surface area (Å²) in [6, 6.07) is 16.7. The van der Waals surface area contributed by atoms with E-state index in [4.69, 9.17) is 4.74 Å². The Labute approximate surface area is 167 Å². The summed E-state index contributed by atoms with van der Waals surface area (Å²) in [4.78, 5) is 16.8. The number of benzene rings is 2. The number of alkyl halides is 2. The molecule has 7 heteroatoms. The molecule has 3 fully saturated rings. The molecule has 1 amide bonds. The van der Waals surface area contributed by atoms with Gasteiger partial charge in [-0.25, -0.2) is 0 Å². The van der Waals surface area contributed by atoms with Crippen LogP contribution in [-0.2, 0) is 16.1 Å². The first-order valence-corrected chi connectivity index (χ1v) is 9.87. The van der Waals surface area contributed by atoms with Crippen molar-refractivity contribution in [3.05, 3.63) is 65.7 Å². The van der Waals surface area contributed by atoms with Crippen molar-refractivity contribution < 1.29 is 23.0 Å². The molecule has 0 saturated carbocycles. The predicted octanol–water partition coefficient (Wildman–Crippen LogP) is 3.56. The molecule has 3 heterocycles. The number of rotatable bonds is 5. The Hall–Kier alpha value is -2.51. The van der Waals surface area contributed by atoms with E-state index in [-0.39, 0.29) is 23.8 Å². The number of hydrogen-bond acceptors (Lipinski definition) is 4. The van der Waals surface area contributed by atoms with E-state index in [0.29, 0.717) is 31.5 Å². The van der Waals surface area contributed by atoms with Crippen LogP contribution in [-0.4, -0.2) is 47.2 Å². The Balaban J connectivity index is 1.38. The molecule has 0 N–H and O–H groups in total. The lowest BCUT2D eigenvalue weighted by Crippen LogP contribution is -2.47. The van der Waals surface area contributed by atoms with Gasteiger partial charge in [-0.2, -0.15) is 8.78 Å². The van der Waals surface area contributed by atoms with Gasteiger partial charge in [-0.3, -0.25) is 9.69 Å². The first-order chi connectivity index (χ1) is 14.1. The number of nitrogens with zero attached hydrogens (tertiary/aromatic N) is 2. The lowest BCUT2D eigenvalue weighted by atomic mass is 10.1. The topological polar surface area (TPSA) is 42.0 Å². The highest BCUT2D eigenvalue weighted by molar-refractivity contribution is 5.81. The molecule has 5 nitrogen and oxygen atoms in total. The first kappa shape index (κ1) is 18.5. The Morgan fingerprint density at radius 2 is 1.90 bits per heavy atom.